The smallest absolute Gasteiger partial charge is 0.319 e. The third-order valence-corrected chi connectivity index (χ3v) is 4.93. The van der Waals surface area contributed by atoms with E-state index in [0.717, 1.165) is 54.9 Å². The van der Waals surface area contributed by atoms with Gasteiger partial charge in [-0.3, -0.25) is 4.90 Å². The van der Waals surface area contributed by atoms with Crippen LogP contribution in [0.3, 0.4) is 0 Å². The maximum Gasteiger partial charge on any atom is 0.319 e. The van der Waals surface area contributed by atoms with Crippen LogP contribution in [0.4, 0.5) is 16.2 Å². The van der Waals surface area contributed by atoms with Gasteiger partial charge in [0.15, 0.2) is 0 Å². The van der Waals surface area contributed by atoms with Crippen molar-refractivity contribution in [2.24, 2.45) is 0 Å². The molecule has 0 spiro atoms. The Morgan fingerprint density at radius 3 is 2.56 bits per heavy atom. The van der Waals surface area contributed by atoms with Gasteiger partial charge in [0.05, 0.1) is 17.8 Å². The molecule has 0 atom stereocenters. The summed E-state index contributed by atoms with van der Waals surface area (Å²) < 4.78 is 5.30. The summed E-state index contributed by atoms with van der Waals surface area (Å²) in [5, 5.41) is 6.46. The van der Waals surface area contributed by atoms with Crippen molar-refractivity contribution in [1.82, 2.24) is 10.2 Å². The van der Waals surface area contributed by atoms with Gasteiger partial charge < -0.3 is 20.3 Å². The maximum absolute atomic E-state index is 11.9. The van der Waals surface area contributed by atoms with Crippen molar-refractivity contribution >= 4 is 29.0 Å². The van der Waals surface area contributed by atoms with E-state index < -0.39 is 0 Å². The van der Waals surface area contributed by atoms with Gasteiger partial charge in [-0.15, -0.1) is 0 Å². The SMILES string of the molecule is COc1ccc(Cl)c(N2CCN(CCNC(=O)Nc3ccccc3)CC2)c1. The second kappa shape index (κ2) is 9.48. The average Bonchev–Trinajstić information content (AvgIpc) is 2.70. The van der Waals surface area contributed by atoms with Gasteiger partial charge in [0.25, 0.3) is 0 Å². The number of carbonyl (C=O) groups excluding carboxylic acids is 1. The van der Waals surface area contributed by atoms with E-state index in [0.29, 0.717) is 6.54 Å². The number of piperazine rings is 1. The fraction of sp³-hybridized carbons (Fsp3) is 0.350. The highest BCUT2D eigenvalue weighted by Crippen LogP contribution is 2.30. The van der Waals surface area contributed by atoms with Crippen LogP contribution in [0, 0.1) is 0 Å². The van der Waals surface area contributed by atoms with Crippen molar-refractivity contribution in [2.75, 3.05) is 56.6 Å². The molecule has 1 heterocycles. The molecule has 0 unspecified atom stereocenters. The molecular formula is C20H25ClN4O2. The third-order valence-electron chi connectivity index (χ3n) is 4.61. The lowest BCUT2D eigenvalue weighted by Crippen LogP contribution is -2.48. The minimum atomic E-state index is -0.178. The molecule has 0 aromatic heterocycles. The van der Waals surface area contributed by atoms with Gasteiger partial charge in [-0.05, 0) is 24.3 Å². The molecule has 0 aliphatic carbocycles. The molecule has 1 fully saturated rings. The summed E-state index contributed by atoms with van der Waals surface area (Å²) in [5.74, 6) is 0.811. The van der Waals surface area contributed by atoms with Gasteiger partial charge in [0, 0.05) is 51.0 Å². The minimum absolute atomic E-state index is 0.178. The van der Waals surface area contributed by atoms with E-state index in [-0.39, 0.29) is 6.03 Å². The van der Waals surface area contributed by atoms with Gasteiger partial charge in [-0.2, -0.15) is 0 Å². The lowest BCUT2D eigenvalue weighted by molar-refractivity contribution is 0.240. The quantitative estimate of drug-likeness (QED) is 0.797. The summed E-state index contributed by atoms with van der Waals surface area (Å²) in [6.45, 7) is 5.07. The molecule has 0 radical (unpaired) electrons. The first-order chi connectivity index (χ1) is 13.2. The highest BCUT2D eigenvalue weighted by Gasteiger charge is 2.19. The number of carbonyl (C=O) groups is 1. The number of ether oxygens (including phenoxy) is 1. The van der Waals surface area contributed by atoms with Crippen LogP contribution < -0.4 is 20.3 Å². The zero-order valence-electron chi connectivity index (χ0n) is 15.5. The van der Waals surface area contributed by atoms with E-state index >= 15 is 0 Å². The van der Waals surface area contributed by atoms with Crippen LogP contribution in [-0.2, 0) is 0 Å². The summed E-state index contributed by atoms with van der Waals surface area (Å²) in [6.07, 6.45) is 0. The second-order valence-corrected chi connectivity index (χ2v) is 6.80. The van der Waals surface area contributed by atoms with E-state index in [9.17, 15) is 4.79 Å². The van der Waals surface area contributed by atoms with Gasteiger partial charge in [0.2, 0.25) is 0 Å². The molecule has 2 N–H and O–H groups in total. The molecular weight excluding hydrogens is 364 g/mol. The van der Waals surface area contributed by atoms with E-state index in [2.05, 4.69) is 20.4 Å². The van der Waals surface area contributed by atoms with Crippen LogP contribution in [0.5, 0.6) is 5.75 Å². The van der Waals surface area contributed by atoms with Crippen LogP contribution in [0.1, 0.15) is 0 Å². The van der Waals surface area contributed by atoms with Gasteiger partial charge >= 0.3 is 6.03 Å². The minimum Gasteiger partial charge on any atom is -0.497 e. The summed E-state index contributed by atoms with van der Waals surface area (Å²) in [4.78, 5) is 16.5. The molecule has 1 saturated heterocycles. The number of benzene rings is 2. The molecule has 1 aliphatic rings. The molecule has 7 heteroatoms. The number of halogens is 1. The average molecular weight is 389 g/mol. The second-order valence-electron chi connectivity index (χ2n) is 6.39. The van der Waals surface area contributed by atoms with Crippen LogP contribution in [0.2, 0.25) is 5.02 Å². The number of nitrogens with one attached hydrogen (secondary N) is 2. The van der Waals surface area contributed by atoms with E-state index in [1.807, 2.05) is 48.5 Å². The molecule has 0 saturated carbocycles. The Bertz CT molecular complexity index is 749. The van der Waals surface area contributed by atoms with E-state index in [4.69, 9.17) is 16.3 Å². The Morgan fingerprint density at radius 2 is 1.85 bits per heavy atom. The zero-order chi connectivity index (χ0) is 19.1. The summed E-state index contributed by atoms with van der Waals surface area (Å²) in [6, 6.07) is 15.0. The van der Waals surface area contributed by atoms with Crippen molar-refractivity contribution in [3.05, 3.63) is 53.6 Å². The van der Waals surface area contributed by atoms with Crippen molar-refractivity contribution in [3.63, 3.8) is 0 Å². The predicted molar refractivity (Wildman–Crippen MR) is 110 cm³/mol. The van der Waals surface area contributed by atoms with Gasteiger partial charge in [0.1, 0.15) is 5.75 Å². The molecule has 144 valence electrons. The molecule has 3 rings (SSSR count). The maximum atomic E-state index is 11.9. The van der Waals surface area contributed by atoms with Crippen molar-refractivity contribution < 1.29 is 9.53 Å². The van der Waals surface area contributed by atoms with Crippen molar-refractivity contribution in [3.8, 4) is 5.75 Å². The third kappa shape index (κ3) is 5.52. The largest absolute Gasteiger partial charge is 0.497 e. The number of hydrogen-bond donors (Lipinski definition) is 2. The first-order valence-corrected chi connectivity index (χ1v) is 9.44. The Hall–Kier alpha value is -2.44. The number of amides is 2. The Balaban J connectivity index is 1.40. The lowest BCUT2D eigenvalue weighted by Gasteiger charge is -2.36. The van der Waals surface area contributed by atoms with Crippen LogP contribution in [-0.4, -0.2) is 57.3 Å². The van der Waals surface area contributed by atoms with Gasteiger partial charge in [-0.25, -0.2) is 4.79 Å². The Kier molecular flexibility index (Phi) is 6.79. The normalized spacial score (nSPS) is 14.7. The number of methoxy groups -OCH3 is 1. The topological polar surface area (TPSA) is 56.8 Å². The first kappa shape index (κ1) is 19.3. The first-order valence-electron chi connectivity index (χ1n) is 9.06. The molecule has 1 aliphatic heterocycles. The molecule has 2 amide bonds. The summed E-state index contributed by atoms with van der Waals surface area (Å²) in [7, 11) is 1.66. The van der Waals surface area contributed by atoms with Crippen molar-refractivity contribution in [1.29, 1.82) is 0 Å². The fourth-order valence-electron chi connectivity index (χ4n) is 3.10. The van der Waals surface area contributed by atoms with Crippen molar-refractivity contribution in [2.45, 2.75) is 0 Å². The Morgan fingerprint density at radius 1 is 1.11 bits per heavy atom. The van der Waals surface area contributed by atoms with Crippen LogP contribution >= 0.6 is 11.6 Å². The molecule has 2 aromatic carbocycles. The fourth-order valence-corrected chi connectivity index (χ4v) is 3.34. The van der Waals surface area contributed by atoms with E-state index in [1.165, 1.54) is 0 Å². The highest BCUT2D eigenvalue weighted by molar-refractivity contribution is 6.33. The monoisotopic (exact) mass is 388 g/mol. The molecule has 2 aromatic rings. The zero-order valence-corrected chi connectivity index (χ0v) is 16.2. The van der Waals surface area contributed by atoms with Gasteiger partial charge in [-0.1, -0.05) is 29.8 Å². The molecule has 0 bridgehead atoms. The van der Waals surface area contributed by atoms with E-state index in [1.54, 1.807) is 7.11 Å². The number of anilines is 2. The summed E-state index contributed by atoms with van der Waals surface area (Å²) in [5.41, 5.74) is 1.80. The summed E-state index contributed by atoms with van der Waals surface area (Å²) >= 11 is 6.34. The predicted octanol–water partition coefficient (Wildman–Crippen LogP) is 3.29. The molecule has 27 heavy (non-hydrogen) atoms. The van der Waals surface area contributed by atoms with Crippen LogP contribution in [0.15, 0.2) is 48.5 Å². The standard InChI is InChI=1S/C20H25ClN4O2/c1-27-17-7-8-18(21)19(15-17)25-13-11-24(12-14-25)10-9-22-20(26)23-16-5-3-2-4-6-16/h2-8,15H,9-14H2,1H3,(H2,22,23,26). The number of nitrogens with zero attached hydrogens (tertiary/aromatic N) is 2. The lowest BCUT2D eigenvalue weighted by atomic mass is 10.2. The number of rotatable bonds is 6. The highest BCUT2D eigenvalue weighted by atomic mass is 35.5. The molecule has 6 nitrogen and oxygen atoms in total. The van der Waals surface area contributed by atoms with Crippen LogP contribution in [0.25, 0.3) is 0 Å². The number of urea groups is 1. The number of para-hydroxylation sites is 1. The number of hydrogen-bond acceptors (Lipinski definition) is 4. The Labute approximate surface area is 165 Å².